The third kappa shape index (κ3) is 5.72. The Morgan fingerprint density at radius 3 is 2.52 bits per heavy atom. The number of hydrogen-bond donors (Lipinski definition) is 3. The molecule has 0 spiro atoms. The van der Waals surface area contributed by atoms with E-state index in [1.807, 2.05) is 54.6 Å². The molecule has 0 atom stereocenters. The Morgan fingerprint density at radius 1 is 1.00 bits per heavy atom. The van der Waals surface area contributed by atoms with Gasteiger partial charge in [-0.15, -0.1) is 0 Å². The van der Waals surface area contributed by atoms with Crippen molar-refractivity contribution in [2.75, 3.05) is 30.7 Å². The number of nitrogens with two attached hydrogens (primary N) is 1. The molecule has 11 heteroatoms. The fourth-order valence-corrected chi connectivity index (χ4v) is 5.40. The summed E-state index contributed by atoms with van der Waals surface area (Å²) < 4.78 is 3.15. The van der Waals surface area contributed by atoms with Gasteiger partial charge in [-0.1, -0.05) is 48.5 Å². The third-order valence-electron chi connectivity index (χ3n) is 7.74. The Bertz CT molecular complexity index is 1910. The Morgan fingerprint density at radius 2 is 1.77 bits per heavy atom. The highest BCUT2D eigenvalue weighted by atomic mass is 16.2. The van der Waals surface area contributed by atoms with E-state index in [0.717, 1.165) is 23.2 Å². The molecule has 1 aliphatic heterocycles. The van der Waals surface area contributed by atoms with E-state index in [-0.39, 0.29) is 17.3 Å². The van der Waals surface area contributed by atoms with Gasteiger partial charge in [-0.2, -0.15) is 0 Å². The van der Waals surface area contributed by atoms with Gasteiger partial charge in [0.1, 0.15) is 17.1 Å². The van der Waals surface area contributed by atoms with Crippen LogP contribution in [0.3, 0.4) is 0 Å². The maximum absolute atomic E-state index is 13.2. The molecule has 5 aromatic rings. The lowest BCUT2D eigenvalue weighted by molar-refractivity contribution is -0.124. The van der Waals surface area contributed by atoms with Gasteiger partial charge in [0.05, 0.1) is 29.8 Å². The monoisotopic (exact) mass is 588 g/mol. The first kappa shape index (κ1) is 28.6. The van der Waals surface area contributed by atoms with Crippen molar-refractivity contribution in [1.29, 1.82) is 0 Å². The molecular weight excluding hydrogens is 556 g/mol. The van der Waals surface area contributed by atoms with Crippen LogP contribution in [-0.2, 0) is 18.4 Å². The number of piperazine rings is 1. The predicted molar refractivity (Wildman–Crippen MR) is 169 cm³/mol. The van der Waals surface area contributed by atoms with Crippen LogP contribution < -0.4 is 21.9 Å². The standard InChI is InChI=1S/C33H32N8O3/c1-21-29(33(44)41(39(21)2)26-9-4-3-5-10-26)32(43)37-25-13-11-23(12-14-25)30-31(34)36-18-27(38-30)24-8-6-7-22(17-24)19-40-16-15-35-28(42)20-40/h3-14,17-18H,15-16,19-20H2,1-2H3,(H2,34,36)(H,35,42)(H,37,43). The topological polar surface area (TPSA) is 140 Å². The molecule has 6 rings (SSSR count). The van der Waals surface area contributed by atoms with Crippen molar-refractivity contribution in [3.63, 3.8) is 0 Å². The Hall–Kier alpha value is -5.55. The number of carbonyl (C=O) groups excluding carboxylic acids is 2. The number of para-hydroxylation sites is 1. The number of benzene rings is 3. The number of nitrogens with one attached hydrogen (secondary N) is 2. The van der Waals surface area contributed by atoms with Crippen molar-refractivity contribution in [2.45, 2.75) is 13.5 Å². The molecule has 11 nitrogen and oxygen atoms in total. The molecule has 2 aromatic heterocycles. The van der Waals surface area contributed by atoms with Crippen LogP contribution in [0.15, 0.2) is 89.9 Å². The molecule has 1 saturated heterocycles. The first-order valence-electron chi connectivity index (χ1n) is 14.2. The van der Waals surface area contributed by atoms with E-state index in [4.69, 9.17) is 10.7 Å². The van der Waals surface area contributed by atoms with Crippen LogP contribution in [0.1, 0.15) is 21.6 Å². The number of amides is 2. The van der Waals surface area contributed by atoms with E-state index in [1.54, 1.807) is 49.1 Å². The molecule has 4 N–H and O–H groups in total. The predicted octanol–water partition coefficient (Wildman–Crippen LogP) is 3.37. The number of anilines is 2. The van der Waals surface area contributed by atoms with Crippen molar-refractivity contribution in [2.24, 2.45) is 7.05 Å². The summed E-state index contributed by atoms with van der Waals surface area (Å²) >= 11 is 0. The smallest absolute Gasteiger partial charge is 0.284 e. The van der Waals surface area contributed by atoms with Crippen LogP contribution in [-0.4, -0.2) is 55.7 Å². The molecule has 0 radical (unpaired) electrons. The van der Waals surface area contributed by atoms with Gasteiger partial charge in [0.15, 0.2) is 0 Å². The molecule has 3 heterocycles. The second-order valence-electron chi connectivity index (χ2n) is 10.7. The molecule has 2 amide bonds. The van der Waals surface area contributed by atoms with E-state index in [1.165, 1.54) is 4.68 Å². The maximum Gasteiger partial charge on any atom is 0.284 e. The molecular formula is C33H32N8O3. The molecule has 1 aliphatic rings. The summed E-state index contributed by atoms with van der Waals surface area (Å²) in [6.45, 7) is 4.23. The summed E-state index contributed by atoms with van der Waals surface area (Å²) in [6, 6.07) is 24.3. The highest BCUT2D eigenvalue weighted by Crippen LogP contribution is 2.28. The Kier molecular flexibility index (Phi) is 7.78. The van der Waals surface area contributed by atoms with E-state index in [0.29, 0.717) is 48.1 Å². The van der Waals surface area contributed by atoms with E-state index in [2.05, 4.69) is 20.5 Å². The van der Waals surface area contributed by atoms with Gasteiger partial charge in [-0.25, -0.2) is 14.6 Å². The van der Waals surface area contributed by atoms with Gasteiger partial charge >= 0.3 is 0 Å². The fourth-order valence-electron chi connectivity index (χ4n) is 5.40. The van der Waals surface area contributed by atoms with Gasteiger partial charge in [-0.05, 0) is 42.8 Å². The molecule has 0 saturated carbocycles. The third-order valence-corrected chi connectivity index (χ3v) is 7.74. The summed E-state index contributed by atoms with van der Waals surface area (Å²) in [4.78, 5) is 49.6. The summed E-state index contributed by atoms with van der Waals surface area (Å²) in [5, 5.41) is 5.69. The first-order chi connectivity index (χ1) is 21.3. The Balaban J connectivity index is 1.21. The number of aromatic nitrogens is 4. The zero-order chi connectivity index (χ0) is 30.8. The van der Waals surface area contributed by atoms with Gasteiger partial charge < -0.3 is 16.4 Å². The van der Waals surface area contributed by atoms with Gasteiger partial charge in [0.25, 0.3) is 11.5 Å². The lowest BCUT2D eigenvalue weighted by Gasteiger charge is -2.26. The van der Waals surface area contributed by atoms with Crippen LogP contribution in [0.5, 0.6) is 0 Å². The number of carbonyl (C=O) groups is 2. The largest absolute Gasteiger partial charge is 0.382 e. The minimum absolute atomic E-state index is 0.0357. The zero-order valence-electron chi connectivity index (χ0n) is 24.4. The zero-order valence-corrected chi connectivity index (χ0v) is 24.4. The quantitative estimate of drug-likeness (QED) is 0.265. The van der Waals surface area contributed by atoms with Crippen molar-refractivity contribution in [1.82, 2.24) is 29.5 Å². The number of nitrogens with zero attached hydrogens (tertiary/aromatic N) is 5. The lowest BCUT2D eigenvalue weighted by atomic mass is 10.1. The number of nitrogen functional groups attached to an aromatic ring is 1. The first-order valence-corrected chi connectivity index (χ1v) is 14.2. The minimum Gasteiger partial charge on any atom is -0.382 e. The van der Waals surface area contributed by atoms with Gasteiger partial charge in [0.2, 0.25) is 5.91 Å². The normalized spacial score (nSPS) is 13.5. The summed E-state index contributed by atoms with van der Waals surface area (Å²) in [5.41, 5.74) is 11.5. The number of rotatable bonds is 7. The molecule has 0 unspecified atom stereocenters. The van der Waals surface area contributed by atoms with Crippen LogP contribution in [0.25, 0.3) is 28.2 Å². The summed E-state index contributed by atoms with van der Waals surface area (Å²) in [5.74, 6) is -0.173. The second kappa shape index (κ2) is 12.0. The minimum atomic E-state index is -0.489. The van der Waals surface area contributed by atoms with Crippen LogP contribution >= 0.6 is 0 Å². The average molecular weight is 589 g/mol. The molecule has 3 aromatic carbocycles. The van der Waals surface area contributed by atoms with Crippen LogP contribution in [0, 0.1) is 6.92 Å². The Labute approximate surface area is 254 Å². The fraction of sp³-hybridized carbons (Fsp3) is 0.182. The van der Waals surface area contributed by atoms with Gasteiger partial charge in [-0.3, -0.25) is 24.0 Å². The van der Waals surface area contributed by atoms with Crippen molar-refractivity contribution < 1.29 is 9.59 Å². The summed E-state index contributed by atoms with van der Waals surface area (Å²) in [7, 11) is 1.75. The highest BCUT2D eigenvalue weighted by molar-refractivity contribution is 6.05. The lowest BCUT2D eigenvalue weighted by Crippen LogP contribution is -2.47. The molecule has 0 aliphatic carbocycles. The average Bonchev–Trinajstić information content (AvgIpc) is 3.25. The van der Waals surface area contributed by atoms with E-state index >= 15 is 0 Å². The molecule has 222 valence electrons. The van der Waals surface area contributed by atoms with E-state index in [9.17, 15) is 14.4 Å². The van der Waals surface area contributed by atoms with Crippen molar-refractivity contribution in [3.05, 3.63) is 112 Å². The molecule has 0 bridgehead atoms. The van der Waals surface area contributed by atoms with Crippen molar-refractivity contribution >= 4 is 23.3 Å². The SMILES string of the molecule is Cc1c(C(=O)Nc2ccc(-c3nc(-c4cccc(CN5CCNC(=O)C5)c4)cnc3N)cc2)c(=O)n(-c2ccccc2)n1C. The number of hydrogen-bond acceptors (Lipinski definition) is 7. The highest BCUT2D eigenvalue weighted by Gasteiger charge is 2.22. The molecule has 44 heavy (non-hydrogen) atoms. The van der Waals surface area contributed by atoms with Gasteiger partial charge in [0, 0.05) is 43.5 Å². The molecule has 1 fully saturated rings. The maximum atomic E-state index is 13.2. The van der Waals surface area contributed by atoms with Crippen LogP contribution in [0.4, 0.5) is 11.5 Å². The summed E-state index contributed by atoms with van der Waals surface area (Å²) in [6.07, 6.45) is 1.64. The van der Waals surface area contributed by atoms with E-state index < -0.39 is 11.5 Å². The van der Waals surface area contributed by atoms with Crippen LogP contribution in [0.2, 0.25) is 0 Å². The second-order valence-corrected chi connectivity index (χ2v) is 10.7. The van der Waals surface area contributed by atoms with Crippen molar-refractivity contribution in [3.8, 4) is 28.2 Å².